The number of carbonyl (C=O) groups is 3. The van der Waals surface area contributed by atoms with Gasteiger partial charge in [-0.05, 0) is 68.3 Å². The van der Waals surface area contributed by atoms with Crippen LogP contribution in [0.4, 0.5) is 32.0 Å². The van der Waals surface area contributed by atoms with E-state index in [9.17, 15) is 36.3 Å². The van der Waals surface area contributed by atoms with E-state index >= 15 is 4.39 Å². The van der Waals surface area contributed by atoms with E-state index < -0.39 is 87.0 Å². The quantitative estimate of drug-likeness (QED) is 0.111. The maximum Gasteiger partial charge on any atom is 0.419 e. The molecule has 0 saturated heterocycles. The van der Waals surface area contributed by atoms with Gasteiger partial charge in [-0.15, -0.1) is 23.2 Å². The van der Waals surface area contributed by atoms with Crippen LogP contribution >= 0.6 is 34.8 Å². The van der Waals surface area contributed by atoms with E-state index in [-0.39, 0.29) is 27.4 Å². The smallest absolute Gasteiger partial charge is 0.419 e. The van der Waals surface area contributed by atoms with E-state index in [2.05, 4.69) is 5.32 Å². The molecular formula is C31H24Cl3F6NO4. The number of ketones is 1. The zero-order valence-electron chi connectivity index (χ0n) is 23.7. The number of esters is 1. The van der Waals surface area contributed by atoms with E-state index in [4.69, 9.17) is 39.5 Å². The maximum atomic E-state index is 15.2. The van der Waals surface area contributed by atoms with Gasteiger partial charge in [-0.25, -0.2) is 13.2 Å². The van der Waals surface area contributed by atoms with E-state index in [1.165, 1.54) is 18.2 Å². The summed E-state index contributed by atoms with van der Waals surface area (Å²) >= 11 is 18.7. The average Bonchev–Trinajstić information content (AvgIpc) is 3.49. The maximum absolute atomic E-state index is 15.2. The molecule has 4 rings (SSSR count). The van der Waals surface area contributed by atoms with E-state index in [0.717, 1.165) is 18.2 Å². The van der Waals surface area contributed by atoms with Crippen molar-refractivity contribution in [2.75, 3.05) is 5.32 Å². The molecule has 1 saturated carbocycles. The molecule has 3 aromatic carbocycles. The number of ether oxygens (including phenoxy) is 1. The van der Waals surface area contributed by atoms with Crippen LogP contribution in [0, 0.1) is 23.4 Å². The molecule has 1 aliphatic carbocycles. The number of hydrogen-bond donors (Lipinski definition) is 1. The molecule has 240 valence electrons. The lowest BCUT2D eigenvalue weighted by atomic mass is 9.98. The lowest BCUT2D eigenvalue weighted by Gasteiger charge is -2.20. The van der Waals surface area contributed by atoms with Gasteiger partial charge in [0.2, 0.25) is 5.91 Å². The first-order valence-electron chi connectivity index (χ1n) is 13.3. The highest BCUT2D eigenvalue weighted by Crippen LogP contribution is 2.65. The van der Waals surface area contributed by atoms with Crippen molar-refractivity contribution in [2.24, 2.45) is 5.92 Å². The average molecular weight is 695 g/mol. The molecule has 1 amide bonds. The Hall–Kier alpha value is -3.28. The number of Topliss-reactive ketones (excluding diaryl/α,β-unsaturated/α-hetero) is 1. The fourth-order valence-electron chi connectivity index (χ4n) is 4.79. The first-order chi connectivity index (χ1) is 20.7. The van der Waals surface area contributed by atoms with Gasteiger partial charge < -0.3 is 10.1 Å². The number of carbonyl (C=O) groups excluding carboxylic acids is 3. The summed E-state index contributed by atoms with van der Waals surface area (Å²) in [5, 5.41) is 2.42. The summed E-state index contributed by atoms with van der Waals surface area (Å²) in [6, 6.07) is 7.95. The molecule has 0 radical (unpaired) electrons. The van der Waals surface area contributed by atoms with Crippen LogP contribution in [0.3, 0.4) is 0 Å². The SMILES string of the molecule is CC(C)(C)OC(=O)Cc1c(F)ccc(CC(=O)c2cc(NC(=O)[C@@H]3[C@@H](c4ccc(F)c(C(F)(F)F)c4)C3(Cl)Cl)ccc2Cl)c1F. The van der Waals surface area contributed by atoms with Crippen molar-refractivity contribution in [2.45, 2.75) is 55.6 Å². The number of alkyl halides is 5. The van der Waals surface area contributed by atoms with Gasteiger partial charge in [-0.3, -0.25) is 14.4 Å². The topological polar surface area (TPSA) is 72.5 Å². The molecule has 2 atom stereocenters. The highest BCUT2D eigenvalue weighted by atomic mass is 35.5. The molecule has 5 nitrogen and oxygen atoms in total. The summed E-state index contributed by atoms with van der Waals surface area (Å²) in [5.41, 5.74) is -3.44. The fourth-order valence-corrected chi connectivity index (χ4v) is 5.84. The minimum Gasteiger partial charge on any atom is -0.460 e. The van der Waals surface area contributed by atoms with Crippen molar-refractivity contribution in [1.82, 2.24) is 0 Å². The molecule has 1 N–H and O–H groups in total. The number of amides is 1. The number of nitrogens with one attached hydrogen (secondary N) is 1. The number of halogens is 9. The van der Waals surface area contributed by atoms with E-state index in [1.54, 1.807) is 20.8 Å². The Morgan fingerprint density at radius 3 is 2.18 bits per heavy atom. The van der Waals surface area contributed by atoms with Gasteiger partial charge >= 0.3 is 12.1 Å². The largest absolute Gasteiger partial charge is 0.460 e. The van der Waals surface area contributed by atoms with Crippen LogP contribution in [0.15, 0.2) is 48.5 Å². The number of hydrogen-bond acceptors (Lipinski definition) is 4. The molecule has 0 heterocycles. The van der Waals surface area contributed by atoms with Crippen LogP contribution < -0.4 is 5.32 Å². The lowest BCUT2D eigenvalue weighted by Crippen LogP contribution is -2.25. The van der Waals surface area contributed by atoms with Crippen LogP contribution in [0.1, 0.15) is 59.3 Å². The Morgan fingerprint density at radius 1 is 0.911 bits per heavy atom. The summed E-state index contributed by atoms with van der Waals surface area (Å²) in [7, 11) is 0. The zero-order valence-corrected chi connectivity index (χ0v) is 26.0. The Morgan fingerprint density at radius 2 is 1.56 bits per heavy atom. The predicted molar refractivity (Wildman–Crippen MR) is 156 cm³/mol. The van der Waals surface area contributed by atoms with Gasteiger partial charge in [0.25, 0.3) is 0 Å². The van der Waals surface area contributed by atoms with E-state index in [0.29, 0.717) is 12.1 Å². The molecule has 1 aliphatic rings. The molecule has 14 heteroatoms. The van der Waals surface area contributed by atoms with Crippen molar-refractivity contribution in [1.29, 1.82) is 0 Å². The van der Waals surface area contributed by atoms with Crippen LogP contribution in [0.2, 0.25) is 5.02 Å². The molecule has 3 aromatic rings. The van der Waals surface area contributed by atoms with Crippen LogP contribution in [0.5, 0.6) is 0 Å². The van der Waals surface area contributed by atoms with Gasteiger partial charge in [-0.1, -0.05) is 23.7 Å². The van der Waals surface area contributed by atoms with Gasteiger partial charge in [0.05, 0.1) is 22.9 Å². The second kappa shape index (κ2) is 12.5. The highest BCUT2D eigenvalue weighted by molar-refractivity contribution is 6.53. The molecule has 0 aliphatic heterocycles. The molecule has 0 spiro atoms. The Kier molecular flexibility index (Phi) is 9.60. The number of anilines is 1. The van der Waals surface area contributed by atoms with Crippen LogP contribution in [-0.4, -0.2) is 27.6 Å². The second-order valence-electron chi connectivity index (χ2n) is 11.4. The standard InChI is InChI=1S/C31H24Cl3F6NO4/c1-29(2,3)45-24(43)13-18-21(35)8-5-15(27(18)37)11-23(42)17-12-16(6-7-20(17)32)41-28(44)26-25(30(26,33)34)14-4-9-22(36)19(10-14)31(38,39)40/h4-10,12,25-26H,11,13H2,1-3H3,(H,41,44)/t25-,26+/m1/s1. The van der Waals surface area contributed by atoms with Crippen molar-refractivity contribution in [3.8, 4) is 0 Å². The van der Waals surface area contributed by atoms with Crippen molar-refractivity contribution < 1.29 is 45.5 Å². The molecule has 45 heavy (non-hydrogen) atoms. The fraction of sp³-hybridized carbons (Fsp3) is 0.323. The van der Waals surface area contributed by atoms with E-state index in [1.807, 2.05) is 0 Å². The molecule has 0 unspecified atom stereocenters. The minimum atomic E-state index is -4.99. The number of benzene rings is 3. The first-order valence-corrected chi connectivity index (χ1v) is 14.4. The minimum absolute atomic E-state index is 0.0304. The summed E-state index contributed by atoms with van der Waals surface area (Å²) in [6.45, 7) is 4.78. The van der Waals surface area contributed by atoms with Crippen molar-refractivity contribution >= 4 is 58.1 Å². The van der Waals surface area contributed by atoms with Crippen molar-refractivity contribution in [3.63, 3.8) is 0 Å². The third-order valence-electron chi connectivity index (χ3n) is 6.88. The summed E-state index contributed by atoms with van der Waals surface area (Å²) in [6.07, 6.45) is -6.29. The highest BCUT2D eigenvalue weighted by Gasteiger charge is 2.67. The summed E-state index contributed by atoms with van der Waals surface area (Å²) < 4.78 is 86.3. The van der Waals surface area contributed by atoms with Crippen LogP contribution in [-0.2, 0) is 33.3 Å². The second-order valence-corrected chi connectivity index (χ2v) is 13.3. The van der Waals surface area contributed by atoms with Gasteiger partial charge in [-0.2, -0.15) is 13.2 Å². The van der Waals surface area contributed by atoms with Gasteiger partial charge in [0, 0.05) is 29.2 Å². The lowest BCUT2D eigenvalue weighted by molar-refractivity contribution is -0.154. The summed E-state index contributed by atoms with van der Waals surface area (Å²) in [5.74, 6) is -8.34. The van der Waals surface area contributed by atoms with Crippen molar-refractivity contribution in [3.05, 3.63) is 98.8 Å². The molecular weight excluding hydrogens is 671 g/mol. The van der Waals surface area contributed by atoms with Gasteiger partial charge in [0.15, 0.2) is 5.78 Å². The zero-order chi connectivity index (χ0) is 33.6. The molecule has 0 aromatic heterocycles. The normalized spacial score (nSPS) is 17.5. The van der Waals surface area contributed by atoms with Crippen LogP contribution in [0.25, 0.3) is 0 Å². The Balaban J connectivity index is 1.51. The molecule has 1 fully saturated rings. The third kappa shape index (κ3) is 7.76. The first kappa shape index (κ1) is 34.6. The Labute approximate surface area is 268 Å². The summed E-state index contributed by atoms with van der Waals surface area (Å²) in [4.78, 5) is 38.4. The Bertz CT molecular complexity index is 1690. The third-order valence-corrected chi connectivity index (χ3v) is 8.15. The van der Waals surface area contributed by atoms with Gasteiger partial charge in [0.1, 0.15) is 27.4 Å². The molecule has 0 bridgehead atoms. The number of rotatable bonds is 8. The monoisotopic (exact) mass is 693 g/mol. The predicted octanol–water partition coefficient (Wildman–Crippen LogP) is 8.61.